The fraction of sp³-hybridized carbons (Fsp3) is 0.111. The highest BCUT2D eigenvalue weighted by Crippen LogP contribution is 2.38. The van der Waals surface area contributed by atoms with Crippen LogP contribution in [0.5, 0.6) is 17.2 Å². The lowest BCUT2D eigenvalue weighted by atomic mass is 10.1. The van der Waals surface area contributed by atoms with Crippen LogP contribution in [0.1, 0.15) is 5.56 Å². The number of amides is 1. The molecule has 9 nitrogen and oxygen atoms in total. The van der Waals surface area contributed by atoms with Gasteiger partial charge in [-0.05, 0) is 29.8 Å². The van der Waals surface area contributed by atoms with Crippen LogP contribution < -0.4 is 19.5 Å². The topological polar surface area (TPSA) is 124 Å². The number of carbonyl (C=O) groups excluding carboxylic acids is 1. The number of halogens is 1. The first kappa shape index (κ1) is 19.2. The summed E-state index contributed by atoms with van der Waals surface area (Å²) in [5, 5.41) is 22.8. The molecule has 142 valence electrons. The number of fused-ring (bicyclic) bond motifs is 1. The smallest absolute Gasteiger partial charge is 0.271 e. The van der Waals surface area contributed by atoms with Gasteiger partial charge in [-0.2, -0.15) is 5.26 Å². The third-order valence-corrected chi connectivity index (χ3v) is 4.49. The summed E-state index contributed by atoms with van der Waals surface area (Å²) in [6.07, 6.45) is 1.37. The van der Waals surface area contributed by atoms with Crippen molar-refractivity contribution in [1.29, 1.82) is 5.26 Å². The lowest BCUT2D eigenvalue weighted by molar-refractivity contribution is -0.384. The van der Waals surface area contributed by atoms with Crippen molar-refractivity contribution in [2.75, 3.05) is 19.2 Å². The molecule has 0 fully saturated rings. The van der Waals surface area contributed by atoms with Gasteiger partial charge in [0.2, 0.25) is 6.79 Å². The van der Waals surface area contributed by atoms with Crippen molar-refractivity contribution in [3.05, 3.63) is 56.1 Å². The molecule has 0 atom stereocenters. The number of benzene rings is 2. The number of methoxy groups -OCH3 is 1. The highest BCUT2D eigenvalue weighted by atomic mass is 79.9. The highest BCUT2D eigenvalue weighted by Gasteiger charge is 2.19. The van der Waals surface area contributed by atoms with Gasteiger partial charge in [-0.15, -0.1) is 0 Å². The molecule has 0 aliphatic carbocycles. The molecular weight excluding hydrogens is 434 g/mol. The van der Waals surface area contributed by atoms with Crippen LogP contribution in [0.4, 0.5) is 11.4 Å². The van der Waals surface area contributed by atoms with E-state index in [2.05, 4.69) is 21.2 Å². The largest absolute Gasteiger partial charge is 0.495 e. The van der Waals surface area contributed by atoms with Crippen LogP contribution in [0.3, 0.4) is 0 Å². The van der Waals surface area contributed by atoms with Gasteiger partial charge in [-0.25, -0.2) is 0 Å². The molecule has 0 spiro atoms. The van der Waals surface area contributed by atoms with Crippen LogP contribution in [-0.4, -0.2) is 24.7 Å². The van der Waals surface area contributed by atoms with E-state index in [0.717, 1.165) is 6.07 Å². The molecule has 0 saturated carbocycles. The molecule has 28 heavy (non-hydrogen) atoms. The minimum atomic E-state index is -0.745. The lowest BCUT2D eigenvalue weighted by Crippen LogP contribution is -2.14. The Morgan fingerprint density at radius 2 is 2.07 bits per heavy atom. The summed E-state index contributed by atoms with van der Waals surface area (Å²) in [4.78, 5) is 22.9. The molecule has 10 heteroatoms. The molecule has 2 aromatic rings. The molecule has 1 aliphatic rings. The van der Waals surface area contributed by atoms with Crippen molar-refractivity contribution in [2.24, 2.45) is 0 Å². The average Bonchev–Trinajstić information content (AvgIpc) is 3.12. The van der Waals surface area contributed by atoms with Crippen LogP contribution in [0.25, 0.3) is 6.08 Å². The SMILES string of the molecule is COc1ccc([N+](=O)[O-])cc1NC(=O)C(C#N)=Cc1cc2c(cc1Br)OCO2. The molecule has 0 aromatic heterocycles. The van der Waals surface area contributed by atoms with Crippen molar-refractivity contribution in [2.45, 2.75) is 0 Å². The number of non-ortho nitro benzene ring substituents is 1. The first-order valence-corrected chi connectivity index (χ1v) is 8.57. The van der Waals surface area contributed by atoms with Gasteiger partial charge in [-0.1, -0.05) is 15.9 Å². The van der Waals surface area contributed by atoms with Crippen molar-refractivity contribution < 1.29 is 23.9 Å². The van der Waals surface area contributed by atoms with E-state index < -0.39 is 10.8 Å². The van der Waals surface area contributed by atoms with Crippen LogP contribution >= 0.6 is 15.9 Å². The van der Waals surface area contributed by atoms with Gasteiger partial charge in [-0.3, -0.25) is 14.9 Å². The molecule has 1 amide bonds. The highest BCUT2D eigenvalue weighted by molar-refractivity contribution is 9.10. The Morgan fingerprint density at radius 3 is 2.71 bits per heavy atom. The van der Waals surface area contributed by atoms with E-state index in [4.69, 9.17) is 14.2 Å². The maximum Gasteiger partial charge on any atom is 0.271 e. The number of nitrogens with one attached hydrogen (secondary N) is 1. The third kappa shape index (κ3) is 3.89. The molecule has 0 bridgehead atoms. The van der Waals surface area contributed by atoms with E-state index in [1.807, 2.05) is 6.07 Å². The number of nitriles is 1. The number of anilines is 1. The van der Waals surface area contributed by atoms with E-state index >= 15 is 0 Å². The molecule has 3 rings (SSSR count). The van der Waals surface area contributed by atoms with Crippen LogP contribution in [0.2, 0.25) is 0 Å². The van der Waals surface area contributed by atoms with Gasteiger partial charge in [0, 0.05) is 16.6 Å². The molecule has 0 saturated heterocycles. The Labute approximate surface area is 167 Å². The fourth-order valence-corrected chi connectivity index (χ4v) is 2.88. The lowest BCUT2D eigenvalue weighted by Gasteiger charge is -2.10. The average molecular weight is 446 g/mol. The predicted octanol–water partition coefficient (Wildman–Crippen LogP) is 3.64. The summed E-state index contributed by atoms with van der Waals surface area (Å²) in [7, 11) is 1.36. The van der Waals surface area contributed by atoms with Crippen LogP contribution in [0.15, 0.2) is 40.4 Å². The summed E-state index contributed by atoms with van der Waals surface area (Å²) in [5.74, 6) is 0.521. The van der Waals surface area contributed by atoms with Gasteiger partial charge < -0.3 is 19.5 Å². The van der Waals surface area contributed by atoms with E-state index in [1.54, 1.807) is 12.1 Å². The van der Waals surface area contributed by atoms with Crippen molar-refractivity contribution in [3.8, 4) is 23.3 Å². The standard InChI is InChI=1S/C18H12BrN3O6/c1-26-15-3-2-12(22(24)25)6-14(15)21-18(23)11(8-20)4-10-5-16-17(7-13(10)19)28-9-27-16/h2-7H,9H2,1H3,(H,21,23). The minimum absolute atomic E-state index is 0.0765. The number of nitrogens with zero attached hydrogens (tertiary/aromatic N) is 2. The first-order valence-electron chi connectivity index (χ1n) is 7.77. The Kier molecular flexibility index (Phi) is 5.47. The summed E-state index contributed by atoms with van der Waals surface area (Å²) in [6, 6.07) is 8.89. The van der Waals surface area contributed by atoms with Gasteiger partial charge in [0.25, 0.3) is 11.6 Å². The second-order valence-corrected chi connectivity index (χ2v) is 6.35. The normalized spacial score (nSPS) is 12.2. The minimum Gasteiger partial charge on any atom is -0.495 e. The van der Waals surface area contributed by atoms with Crippen LogP contribution in [0, 0.1) is 21.4 Å². The van der Waals surface area contributed by atoms with E-state index in [0.29, 0.717) is 21.5 Å². The maximum atomic E-state index is 12.5. The van der Waals surface area contributed by atoms with Gasteiger partial charge in [0.05, 0.1) is 17.7 Å². The molecule has 1 heterocycles. The number of nitro benzene ring substituents is 1. The van der Waals surface area contributed by atoms with Gasteiger partial charge >= 0.3 is 0 Å². The van der Waals surface area contributed by atoms with E-state index in [-0.39, 0.29) is 29.5 Å². The fourth-order valence-electron chi connectivity index (χ4n) is 2.44. The molecule has 1 aliphatic heterocycles. The number of rotatable bonds is 5. The Bertz CT molecular complexity index is 1040. The van der Waals surface area contributed by atoms with Crippen molar-refractivity contribution in [3.63, 3.8) is 0 Å². The van der Waals surface area contributed by atoms with E-state index in [1.165, 1.54) is 25.3 Å². The van der Waals surface area contributed by atoms with Crippen molar-refractivity contribution in [1.82, 2.24) is 0 Å². The summed E-state index contributed by atoms with van der Waals surface area (Å²) < 4.78 is 16.3. The zero-order chi connectivity index (χ0) is 20.3. The maximum absolute atomic E-state index is 12.5. The first-order chi connectivity index (χ1) is 13.4. The summed E-state index contributed by atoms with van der Waals surface area (Å²) >= 11 is 3.36. The number of carbonyl (C=O) groups is 1. The van der Waals surface area contributed by atoms with Crippen molar-refractivity contribution >= 4 is 39.3 Å². The van der Waals surface area contributed by atoms with Crippen LogP contribution in [-0.2, 0) is 4.79 Å². The number of hydrogen-bond acceptors (Lipinski definition) is 7. The molecule has 1 N–H and O–H groups in total. The number of nitro groups is 1. The second kappa shape index (κ2) is 7.98. The Hall–Kier alpha value is -3.58. The molecule has 0 radical (unpaired) electrons. The zero-order valence-electron chi connectivity index (χ0n) is 14.4. The molecule has 0 unspecified atom stereocenters. The van der Waals surface area contributed by atoms with E-state index in [9.17, 15) is 20.2 Å². The Morgan fingerprint density at radius 1 is 1.36 bits per heavy atom. The second-order valence-electron chi connectivity index (χ2n) is 5.49. The zero-order valence-corrected chi connectivity index (χ0v) is 16.0. The summed E-state index contributed by atoms with van der Waals surface area (Å²) in [6.45, 7) is 0.0904. The number of ether oxygens (including phenoxy) is 3. The molecular formula is C18H12BrN3O6. The summed E-state index contributed by atoms with van der Waals surface area (Å²) in [5.41, 5.74) is 0.166. The molecule has 2 aromatic carbocycles. The monoisotopic (exact) mass is 445 g/mol. The number of hydrogen-bond donors (Lipinski definition) is 1. The van der Waals surface area contributed by atoms with Gasteiger partial charge in [0.1, 0.15) is 17.4 Å². The quantitative estimate of drug-likeness (QED) is 0.322. The third-order valence-electron chi connectivity index (χ3n) is 3.80. The predicted molar refractivity (Wildman–Crippen MR) is 102 cm³/mol. The van der Waals surface area contributed by atoms with Gasteiger partial charge in [0.15, 0.2) is 11.5 Å². The Balaban J connectivity index is 1.91.